The van der Waals surface area contributed by atoms with Crippen LogP contribution in [-0.2, 0) is 0 Å². The van der Waals surface area contributed by atoms with E-state index in [9.17, 15) is 0 Å². The fraction of sp³-hybridized carbons (Fsp3) is 0.381. The Bertz CT molecular complexity index is 1010. The fourth-order valence-corrected chi connectivity index (χ4v) is 3.68. The summed E-state index contributed by atoms with van der Waals surface area (Å²) in [4.78, 5) is 15.7. The zero-order valence-electron chi connectivity index (χ0n) is 16.0. The molecule has 0 aliphatic carbocycles. The van der Waals surface area contributed by atoms with Crippen LogP contribution in [0.25, 0.3) is 22.8 Å². The second-order valence-corrected chi connectivity index (χ2v) is 7.09. The quantitative estimate of drug-likeness (QED) is 0.666. The van der Waals surface area contributed by atoms with E-state index in [4.69, 9.17) is 9.78 Å². The molecular weight excluding hydrogens is 352 g/mol. The summed E-state index contributed by atoms with van der Waals surface area (Å²) in [5.41, 5.74) is 2.73. The molecule has 0 bridgehead atoms. The van der Waals surface area contributed by atoms with Crippen LogP contribution in [0.15, 0.2) is 41.2 Å². The molecule has 7 heteroatoms. The van der Waals surface area contributed by atoms with E-state index in [2.05, 4.69) is 44.9 Å². The van der Waals surface area contributed by atoms with Gasteiger partial charge in [-0.05, 0) is 50.9 Å². The lowest BCUT2D eigenvalue weighted by Crippen LogP contribution is -2.32. The maximum absolute atomic E-state index is 9.11. The zero-order valence-corrected chi connectivity index (χ0v) is 16.0. The monoisotopic (exact) mass is 374 g/mol. The van der Waals surface area contributed by atoms with Crippen molar-refractivity contribution in [1.82, 2.24) is 25.0 Å². The Morgan fingerprint density at radius 3 is 2.96 bits per heavy atom. The molecule has 4 rings (SSSR count). The van der Waals surface area contributed by atoms with E-state index in [1.54, 1.807) is 12.1 Å². The van der Waals surface area contributed by atoms with Crippen LogP contribution in [0.2, 0.25) is 0 Å². The van der Waals surface area contributed by atoms with Crippen molar-refractivity contribution in [3.8, 4) is 28.9 Å². The lowest BCUT2D eigenvalue weighted by atomic mass is 10.1. The number of hydrogen-bond donors (Lipinski definition) is 0. The van der Waals surface area contributed by atoms with Crippen LogP contribution in [0.3, 0.4) is 0 Å². The number of nitriles is 1. The van der Waals surface area contributed by atoms with Gasteiger partial charge in [0.25, 0.3) is 5.89 Å². The van der Waals surface area contributed by atoms with E-state index >= 15 is 0 Å². The molecule has 142 valence electrons. The molecule has 0 amide bonds. The third-order valence-electron chi connectivity index (χ3n) is 5.36. The minimum Gasteiger partial charge on any atom is -0.332 e. The highest BCUT2D eigenvalue weighted by molar-refractivity contribution is 5.65. The van der Waals surface area contributed by atoms with Crippen LogP contribution in [0.4, 0.5) is 0 Å². The molecule has 3 aromatic rings. The molecule has 0 spiro atoms. The van der Waals surface area contributed by atoms with E-state index in [0.29, 0.717) is 28.9 Å². The second-order valence-electron chi connectivity index (χ2n) is 7.09. The topological polar surface area (TPSA) is 91.7 Å². The Kier molecular flexibility index (Phi) is 5.13. The van der Waals surface area contributed by atoms with Gasteiger partial charge in [-0.15, -0.1) is 0 Å². The maximum Gasteiger partial charge on any atom is 0.276 e. The van der Waals surface area contributed by atoms with Crippen molar-refractivity contribution in [2.45, 2.75) is 45.2 Å². The number of rotatable bonds is 5. The first-order valence-electron chi connectivity index (χ1n) is 9.62. The minimum atomic E-state index is 0.195. The highest BCUT2D eigenvalue weighted by Gasteiger charge is 2.32. The summed E-state index contributed by atoms with van der Waals surface area (Å²) < 4.78 is 5.53. The first kappa shape index (κ1) is 18.3. The Morgan fingerprint density at radius 1 is 1.29 bits per heavy atom. The highest BCUT2D eigenvalue weighted by Crippen LogP contribution is 2.33. The first-order chi connectivity index (χ1) is 13.7. The second kappa shape index (κ2) is 7.87. The molecule has 1 aliphatic heterocycles. The fourth-order valence-electron chi connectivity index (χ4n) is 3.68. The minimum absolute atomic E-state index is 0.195. The van der Waals surface area contributed by atoms with E-state index in [-0.39, 0.29) is 6.04 Å². The molecule has 1 aliphatic rings. The van der Waals surface area contributed by atoms with Crippen molar-refractivity contribution in [3.63, 3.8) is 0 Å². The number of hydrogen-bond acceptors (Lipinski definition) is 7. The maximum atomic E-state index is 9.11. The molecular formula is C21H22N6O. The predicted octanol–water partition coefficient (Wildman–Crippen LogP) is 4.00. The zero-order chi connectivity index (χ0) is 19.5. The first-order valence-corrected chi connectivity index (χ1v) is 9.62. The predicted molar refractivity (Wildman–Crippen MR) is 104 cm³/mol. The van der Waals surface area contributed by atoms with Crippen LogP contribution in [-0.4, -0.2) is 37.6 Å². The molecule has 2 unspecified atom stereocenters. The molecule has 0 saturated carbocycles. The van der Waals surface area contributed by atoms with Crippen molar-refractivity contribution in [2.24, 2.45) is 0 Å². The summed E-state index contributed by atoms with van der Waals surface area (Å²) in [7, 11) is 0. The van der Waals surface area contributed by atoms with Gasteiger partial charge in [0.2, 0.25) is 0 Å². The van der Waals surface area contributed by atoms with Crippen LogP contribution in [0.1, 0.15) is 50.5 Å². The van der Waals surface area contributed by atoms with Crippen molar-refractivity contribution in [1.29, 1.82) is 5.26 Å². The van der Waals surface area contributed by atoms with Crippen molar-refractivity contribution < 1.29 is 4.52 Å². The largest absolute Gasteiger partial charge is 0.332 e. The van der Waals surface area contributed by atoms with Crippen molar-refractivity contribution in [2.75, 3.05) is 6.54 Å². The number of aromatic nitrogens is 4. The van der Waals surface area contributed by atoms with Gasteiger partial charge in [0.1, 0.15) is 12.0 Å². The number of benzene rings is 1. The van der Waals surface area contributed by atoms with E-state index in [0.717, 1.165) is 37.2 Å². The smallest absolute Gasteiger partial charge is 0.276 e. The molecule has 2 aromatic heterocycles. The lowest BCUT2D eigenvalue weighted by molar-refractivity contribution is 0.179. The average Bonchev–Trinajstić information content (AvgIpc) is 3.43. The summed E-state index contributed by atoms with van der Waals surface area (Å²) in [6.45, 7) is 5.51. The Balaban J connectivity index is 1.62. The van der Waals surface area contributed by atoms with Crippen LogP contribution in [0.5, 0.6) is 0 Å². The molecule has 1 fully saturated rings. The molecule has 7 nitrogen and oxygen atoms in total. The Morgan fingerprint density at radius 2 is 2.14 bits per heavy atom. The van der Waals surface area contributed by atoms with E-state index < -0.39 is 0 Å². The van der Waals surface area contributed by atoms with Crippen LogP contribution in [0, 0.1) is 11.3 Å². The summed E-state index contributed by atoms with van der Waals surface area (Å²) in [6, 6.07) is 12.0. The normalized spacial score (nSPS) is 18.1. The number of nitrogens with zero attached hydrogens (tertiary/aromatic N) is 6. The van der Waals surface area contributed by atoms with Gasteiger partial charge in [0.05, 0.1) is 23.4 Å². The summed E-state index contributed by atoms with van der Waals surface area (Å²) >= 11 is 0. The molecule has 0 N–H and O–H groups in total. The third kappa shape index (κ3) is 3.51. The Labute approximate surface area is 164 Å². The van der Waals surface area contributed by atoms with Gasteiger partial charge >= 0.3 is 0 Å². The Hall–Kier alpha value is -3.11. The highest BCUT2D eigenvalue weighted by atomic mass is 16.5. The molecule has 2 atom stereocenters. The van der Waals surface area contributed by atoms with Crippen LogP contribution < -0.4 is 0 Å². The standard InChI is InChI=1S/C21H22N6O/c1-3-14(2)27-9-5-8-19(27)20-25-21(28-26-20)18-11-17(23-13-24-18)16-7-4-6-15(10-16)12-22/h4,6-7,10-11,13-14,19H,3,5,8-9H2,1-2H3. The van der Waals surface area contributed by atoms with Gasteiger partial charge in [-0.1, -0.05) is 24.2 Å². The van der Waals surface area contributed by atoms with Gasteiger partial charge in [-0.25, -0.2) is 9.97 Å². The third-order valence-corrected chi connectivity index (χ3v) is 5.36. The van der Waals surface area contributed by atoms with Gasteiger partial charge in [-0.2, -0.15) is 10.2 Å². The summed E-state index contributed by atoms with van der Waals surface area (Å²) in [5, 5.41) is 13.3. The summed E-state index contributed by atoms with van der Waals surface area (Å²) in [5.74, 6) is 1.12. The summed E-state index contributed by atoms with van der Waals surface area (Å²) in [6.07, 6.45) is 4.76. The van der Waals surface area contributed by atoms with E-state index in [1.165, 1.54) is 6.33 Å². The molecule has 28 heavy (non-hydrogen) atoms. The van der Waals surface area contributed by atoms with Gasteiger partial charge in [0, 0.05) is 11.6 Å². The molecule has 0 radical (unpaired) electrons. The van der Waals surface area contributed by atoms with Gasteiger partial charge in [-0.3, -0.25) is 4.90 Å². The lowest BCUT2D eigenvalue weighted by Gasteiger charge is -2.27. The number of likely N-dealkylation sites (tertiary alicyclic amines) is 1. The van der Waals surface area contributed by atoms with Gasteiger partial charge < -0.3 is 4.52 Å². The van der Waals surface area contributed by atoms with Gasteiger partial charge in [0.15, 0.2) is 5.82 Å². The average molecular weight is 374 g/mol. The molecule has 3 heterocycles. The van der Waals surface area contributed by atoms with E-state index in [1.807, 2.05) is 18.2 Å². The molecule has 1 saturated heterocycles. The van der Waals surface area contributed by atoms with Crippen LogP contribution >= 0.6 is 0 Å². The van der Waals surface area contributed by atoms with Crippen molar-refractivity contribution in [3.05, 3.63) is 48.0 Å². The van der Waals surface area contributed by atoms with Crippen molar-refractivity contribution >= 4 is 0 Å². The molecule has 1 aromatic carbocycles. The SMILES string of the molecule is CCC(C)N1CCCC1c1noc(-c2cc(-c3cccc(C#N)c3)ncn2)n1.